The van der Waals surface area contributed by atoms with Crippen LogP contribution in [0.15, 0.2) is 18.2 Å². The average molecular weight is 216 g/mol. The normalized spacial score (nSPS) is 13.0. The lowest BCUT2D eigenvalue weighted by Gasteiger charge is -2.18. The van der Waals surface area contributed by atoms with Crippen molar-refractivity contribution in [3.8, 4) is 0 Å². The lowest BCUT2D eigenvalue weighted by atomic mass is 10.1. The topological polar surface area (TPSA) is 12.0 Å². The molecule has 0 aliphatic heterocycles. The van der Waals surface area contributed by atoms with Gasteiger partial charge < -0.3 is 5.32 Å². The highest BCUT2D eigenvalue weighted by atomic mass is 35.5. The van der Waals surface area contributed by atoms with Gasteiger partial charge in [0.15, 0.2) is 0 Å². The van der Waals surface area contributed by atoms with Crippen LogP contribution >= 0.6 is 11.6 Å². The van der Waals surface area contributed by atoms with Crippen LogP contribution in [0.2, 0.25) is 5.02 Å². The first-order valence-corrected chi connectivity index (χ1v) is 5.10. The molecule has 0 radical (unpaired) electrons. The Bertz CT molecular complexity index is 312. The lowest BCUT2D eigenvalue weighted by Crippen LogP contribution is -2.21. The summed E-state index contributed by atoms with van der Waals surface area (Å²) in [4.78, 5) is 0. The van der Waals surface area contributed by atoms with Gasteiger partial charge in [-0.3, -0.25) is 0 Å². The van der Waals surface area contributed by atoms with Crippen LogP contribution in [-0.4, -0.2) is 6.04 Å². The summed E-state index contributed by atoms with van der Waals surface area (Å²) in [5, 5.41) is 3.37. The van der Waals surface area contributed by atoms with E-state index >= 15 is 0 Å². The van der Waals surface area contributed by atoms with E-state index in [1.807, 2.05) is 0 Å². The van der Waals surface area contributed by atoms with E-state index in [2.05, 4.69) is 26.1 Å². The van der Waals surface area contributed by atoms with E-state index in [0.717, 1.165) is 5.69 Å². The second-order valence-electron chi connectivity index (χ2n) is 3.81. The van der Waals surface area contributed by atoms with Crippen LogP contribution in [0.1, 0.15) is 20.8 Å². The molecular weight excluding hydrogens is 201 g/mol. The fraction of sp³-hybridized carbons (Fsp3) is 0.455. The number of nitrogens with one attached hydrogen (secondary N) is 1. The first kappa shape index (κ1) is 11.3. The number of rotatable bonds is 3. The highest BCUT2D eigenvalue weighted by Crippen LogP contribution is 2.20. The molecule has 1 rings (SSSR count). The molecule has 1 N–H and O–H groups in total. The Hall–Kier alpha value is -0.760. The van der Waals surface area contributed by atoms with Crippen molar-refractivity contribution in [2.45, 2.75) is 26.8 Å². The van der Waals surface area contributed by atoms with Crippen molar-refractivity contribution in [1.29, 1.82) is 0 Å². The zero-order valence-corrected chi connectivity index (χ0v) is 9.40. The van der Waals surface area contributed by atoms with Gasteiger partial charge in [-0.1, -0.05) is 25.4 Å². The molecule has 0 bridgehead atoms. The van der Waals surface area contributed by atoms with E-state index in [-0.39, 0.29) is 10.8 Å². The van der Waals surface area contributed by atoms with Gasteiger partial charge in [0.2, 0.25) is 0 Å². The highest BCUT2D eigenvalue weighted by molar-refractivity contribution is 6.30. The molecule has 1 atom stereocenters. The van der Waals surface area contributed by atoms with Gasteiger partial charge in [-0.05, 0) is 31.0 Å². The Kier molecular flexibility index (Phi) is 3.76. The second kappa shape index (κ2) is 4.65. The van der Waals surface area contributed by atoms with E-state index in [4.69, 9.17) is 11.6 Å². The highest BCUT2D eigenvalue weighted by Gasteiger charge is 2.07. The molecule has 1 aromatic carbocycles. The monoisotopic (exact) mass is 215 g/mol. The van der Waals surface area contributed by atoms with Crippen LogP contribution in [0.5, 0.6) is 0 Å². The maximum Gasteiger partial charge on any atom is 0.143 e. The predicted molar refractivity (Wildman–Crippen MR) is 59.3 cm³/mol. The number of anilines is 1. The summed E-state index contributed by atoms with van der Waals surface area (Å²) in [6.45, 7) is 6.30. The minimum absolute atomic E-state index is 0.160. The molecule has 0 aliphatic rings. The van der Waals surface area contributed by atoms with Crippen LogP contribution < -0.4 is 5.32 Å². The molecule has 1 unspecified atom stereocenters. The van der Waals surface area contributed by atoms with Gasteiger partial charge in [-0.2, -0.15) is 0 Å². The lowest BCUT2D eigenvalue weighted by molar-refractivity contribution is 0.559. The van der Waals surface area contributed by atoms with Gasteiger partial charge in [-0.15, -0.1) is 0 Å². The summed E-state index contributed by atoms with van der Waals surface area (Å²) >= 11 is 5.58. The Balaban J connectivity index is 2.73. The molecule has 3 heteroatoms. The van der Waals surface area contributed by atoms with Gasteiger partial charge in [0.05, 0.1) is 5.02 Å². The van der Waals surface area contributed by atoms with Crippen molar-refractivity contribution >= 4 is 17.3 Å². The molecule has 1 nitrogen and oxygen atoms in total. The smallest absolute Gasteiger partial charge is 0.143 e. The first-order chi connectivity index (χ1) is 6.50. The molecule has 0 fully saturated rings. The third-order valence-electron chi connectivity index (χ3n) is 2.31. The van der Waals surface area contributed by atoms with Gasteiger partial charge in [-0.25, -0.2) is 4.39 Å². The first-order valence-electron chi connectivity index (χ1n) is 4.72. The van der Waals surface area contributed by atoms with E-state index in [1.165, 1.54) is 6.07 Å². The standard InChI is InChI=1S/C11H15ClFN/c1-7(2)8(3)14-9-4-5-10(12)11(13)6-9/h4-8,14H,1-3H3. The van der Waals surface area contributed by atoms with Crippen molar-refractivity contribution in [2.75, 3.05) is 5.32 Å². The SMILES string of the molecule is CC(C)C(C)Nc1ccc(Cl)c(F)c1. The van der Waals surface area contributed by atoms with Gasteiger partial charge in [0, 0.05) is 11.7 Å². The summed E-state index contributed by atoms with van der Waals surface area (Å²) in [5.74, 6) is 0.126. The molecule has 78 valence electrons. The zero-order valence-electron chi connectivity index (χ0n) is 8.64. The van der Waals surface area contributed by atoms with E-state index in [9.17, 15) is 4.39 Å². The zero-order chi connectivity index (χ0) is 10.7. The van der Waals surface area contributed by atoms with Crippen LogP contribution in [0.3, 0.4) is 0 Å². The Morgan fingerprint density at radius 1 is 1.29 bits per heavy atom. The third kappa shape index (κ3) is 2.88. The summed E-state index contributed by atoms with van der Waals surface area (Å²) in [5.41, 5.74) is 0.771. The van der Waals surface area contributed by atoms with Gasteiger partial charge in [0.1, 0.15) is 5.82 Å². The summed E-state index contributed by atoms with van der Waals surface area (Å²) < 4.78 is 13.1. The Morgan fingerprint density at radius 3 is 2.43 bits per heavy atom. The van der Waals surface area contributed by atoms with Crippen molar-refractivity contribution in [1.82, 2.24) is 0 Å². The van der Waals surface area contributed by atoms with Gasteiger partial charge in [0.25, 0.3) is 0 Å². The van der Waals surface area contributed by atoms with Crippen LogP contribution in [0.4, 0.5) is 10.1 Å². The van der Waals surface area contributed by atoms with Crippen molar-refractivity contribution < 1.29 is 4.39 Å². The molecular formula is C11H15ClFN. The fourth-order valence-corrected chi connectivity index (χ4v) is 1.13. The largest absolute Gasteiger partial charge is 0.382 e. The summed E-state index contributed by atoms with van der Waals surface area (Å²) in [6, 6.07) is 5.08. The quantitative estimate of drug-likeness (QED) is 0.806. The van der Waals surface area contributed by atoms with E-state index in [1.54, 1.807) is 12.1 Å². The summed E-state index contributed by atoms with van der Waals surface area (Å²) in [7, 11) is 0. The minimum atomic E-state index is -0.382. The van der Waals surface area contributed by atoms with Crippen molar-refractivity contribution in [3.63, 3.8) is 0 Å². The number of halogens is 2. The molecule has 0 heterocycles. The molecule has 0 aromatic heterocycles. The van der Waals surface area contributed by atoms with E-state index < -0.39 is 0 Å². The molecule has 14 heavy (non-hydrogen) atoms. The van der Waals surface area contributed by atoms with Crippen LogP contribution in [0.25, 0.3) is 0 Å². The number of hydrogen-bond acceptors (Lipinski definition) is 1. The fourth-order valence-electron chi connectivity index (χ4n) is 1.02. The van der Waals surface area contributed by atoms with Crippen molar-refractivity contribution in [2.24, 2.45) is 5.92 Å². The Morgan fingerprint density at radius 2 is 1.93 bits per heavy atom. The van der Waals surface area contributed by atoms with Gasteiger partial charge >= 0.3 is 0 Å². The van der Waals surface area contributed by atoms with Crippen molar-refractivity contribution in [3.05, 3.63) is 29.0 Å². The molecule has 0 aliphatic carbocycles. The molecule has 0 saturated carbocycles. The maximum absolute atomic E-state index is 13.1. The van der Waals surface area contributed by atoms with Crippen LogP contribution in [0, 0.1) is 11.7 Å². The third-order valence-corrected chi connectivity index (χ3v) is 2.62. The molecule has 0 spiro atoms. The Labute approximate surface area is 89.3 Å². The average Bonchev–Trinajstić information content (AvgIpc) is 2.11. The number of benzene rings is 1. The second-order valence-corrected chi connectivity index (χ2v) is 4.21. The predicted octanol–water partition coefficient (Wildman–Crippen LogP) is 3.94. The van der Waals surface area contributed by atoms with Crippen LogP contribution in [-0.2, 0) is 0 Å². The maximum atomic E-state index is 13.1. The summed E-state index contributed by atoms with van der Waals surface area (Å²) in [6.07, 6.45) is 0. The molecule has 1 aromatic rings. The minimum Gasteiger partial charge on any atom is -0.382 e. The van der Waals surface area contributed by atoms with E-state index in [0.29, 0.717) is 12.0 Å². The molecule has 0 amide bonds. The number of hydrogen-bond donors (Lipinski definition) is 1. The molecule has 0 saturated heterocycles.